The third-order valence-corrected chi connectivity index (χ3v) is 8.53. The highest BCUT2D eigenvalue weighted by Gasteiger charge is 2.51. The van der Waals surface area contributed by atoms with Crippen LogP contribution in [0, 0.1) is 0 Å². The molecule has 2 fully saturated rings. The van der Waals surface area contributed by atoms with Crippen molar-refractivity contribution >= 4 is 17.9 Å². The van der Waals surface area contributed by atoms with Gasteiger partial charge in [0.1, 0.15) is 62.0 Å². The molecule has 2 heterocycles. The molecule has 0 aromatic rings. The molecule has 2 rings (SSSR count). The molecule has 0 radical (unpaired) electrons. The number of aliphatic carboxylic acids is 1. The second-order valence-electron chi connectivity index (χ2n) is 12.9. The molecule has 0 amide bonds. The zero-order chi connectivity index (χ0) is 36.3. The summed E-state index contributed by atoms with van der Waals surface area (Å²) < 4.78 is 33.3. The van der Waals surface area contributed by atoms with E-state index in [0.29, 0.717) is 6.42 Å². The zero-order valence-electron chi connectivity index (χ0n) is 29.0. The smallest absolute Gasteiger partial charge is 0.303 e. The standard InChI is InChI=1S/C34H58O15/c1-21(17-15-13-11-9-7-5-4-6-8-10-12-14-16-18-26(37)38)46-34-32(30(42)28(40)25(48-34)20-45-23(3)36)49-33-31(43)29(41)27(39)24(47-33)19-44-22(2)35/h4-5,21,24-25,27-34,39-43H,6-20H2,1-3H3,(H,37,38)/b5-4-/t21?,24-,25+,27-,28+,29+,30-,31-,32+,33-,34+/m0/s1. The van der Waals surface area contributed by atoms with E-state index < -0.39 is 92.0 Å². The second kappa shape index (κ2) is 23.3. The van der Waals surface area contributed by atoms with Crippen LogP contribution in [0.25, 0.3) is 0 Å². The molecule has 11 atom stereocenters. The maximum atomic E-state index is 11.4. The number of carboxylic acid groups (broad SMARTS) is 1. The molecule has 284 valence electrons. The number of allylic oxidation sites excluding steroid dienone is 2. The van der Waals surface area contributed by atoms with Gasteiger partial charge in [0.25, 0.3) is 0 Å². The van der Waals surface area contributed by atoms with Gasteiger partial charge in [-0.05, 0) is 45.4 Å². The summed E-state index contributed by atoms with van der Waals surface area (Å²) in [6.45, 7) is 3.35. The molecule has 0 aromatic carbocycles. The second-order valence-corrected chi connectivity index (χ2v) is 12.9. The van der Waals surface area contributed by atoms with Gasteiger partial charge in [-0.2, -0.15) is 0 Å². The van der Waals surface area contributed by atoms with E-state index in [4.69, 9.17) is 33.5 Å². The molecule has 0 bridgehead atoms. The fourth-order valence-electron chi connectivity index (χ4n) is 5.67. The highest BCUT2D eigenvalue weighted by atomic mass is 16.8. The van der Waals surface area contributed by atoms with Crippen LogP contribution >= 0.6 is 0 Å². The monoisotopic (exact) mass is 706 g/mol. The van der Waals surface area contributed by atoms with Crippen LogP contribution in [0.3, 0.4) is 0 Å². The molecule has 2 aliphatic heterocycles. The summed E-state index contributed by atoms with van der Waals surface area (Å²) in [4.78, 5) is 33.2. The van der Waals surface area contributed by atoms with E-state index in [1.54, 1.807) is 0 Å². The number of ether oxygens (including phenoxy) is 6. The maximum absolute atomic E-state index is 11.4. The van der Waals surface area contributed by atoms with Crippen LogP contribution in [0.15, 0.2) is 12.2 Å². The van der Waals surface area contributed by atoms with Crippen LogP contribution in [0.5, 0.6) is 0 Å². The summed E-state index contributed by atoms with van der Waals surface area (Å²) in [5, 5.41) is 61.7. The first kappa shape index (κ1) is 43.0. The maximum Gasteiger partial charge on any atom is 0.303 e. The molecular weight excluding hydrogens is 648 g/mol. The van der Waals surface area contributed by atoms with Crippen molar-refractivity contribution in [2.75, 3.05) is 13.2 Å². The summed E-state index contributed by atoms with van der Waals surface area (Å²) >= 11 is 0. The number of aliphatic hydroxyl groups is 5. The molecule has 15 nitrogen and oxygen atoms in total. The lowest BCUT2D eigenvalue weighted by Gasteiger charge is -2.46. The Balaban J connectivity index is 1.85. The number of unbranched alkanes of at least 4 members (excludes halogenated alkanes) is 9. The number of aliphatic hydroxyl groups excluding tert-OH is 5. The Kier molecular flexibility index (Phi) is 20.4. The number of hydrogen-bond donors (Lipinski definition) is 6. The Labute approximate surface area is 288 Å². The molecule has 2 saturated heterocycles. The third-order valence-electron chi connectivity index (χ3n) is 8.53. The lowest BCUT2D eigenvalue weighted by Crippen LogP contribution is -2.65. The van der Waals surface area contributed by atoms with Gasteiger partial charge in [0.2, 0.25) is 0 Å². The minimum atomic E-state index is -1.78. The van der Waals surface area contributed by atoms with E-state index in [0.717, 1.165) is 77.6 Å². The minimum Gasteiger partial charge on any atom is -0.481 e. The first-order valence-electron chi connectivity index (χ1n) is 17.5. The van der Waals surface area contributed by atoms with E-state index >= 15 is 0 Å². The number of carboxylic acids is 1. The van der Waals surface area contributed by atoms with Crippen molar-refractivity contribution in [3.8, 4) is 0 Å². The SMILES string of the molecule is CC(=O)OC[C@@H]1O[C@@H](O[C@H]2[C@H](OC(C)CCCCCC/C=C\CCCCCCCC(=O)O)O[C@H](COC(C)=O)[C@@H](O)[C@@H]2O)[C@@H](O)[C@H](O)[C@H]1O. The van der Waals surface area contributed by atoms with Gasteiger partial charge in [0.05, 0.1) is 6.10 Å². The molecule has 49 heavy (non-hydrogen) atoms. The first-order valence-corrected chi connectivity index (χ1v) is 17.5. The molecule has 0 saturated carbocycles. The van der Waals surface area contributed by atoms with Crippen LogP contribution in [-0.4, -0.2) is 129 Å². The molecule has 1 unspecified atom stereocenters. The summed E-state index contributed by atoms with van der Waals surface area (Å²) in [7, 11) is 0. The van der Waals surface area contributed by atoms with Gasteiger partial charge in [-0.1, -0.05) is 50.7 Å². The van der Waals surface area contributed by atoms with Crippen molar-refractivity contribution in [1.82, 2.24) is 0 Å². The summed E-state index contributed by atoms with van der Waals surface area (Å²) in [5.41, 5.74) is 0. The van der Waals surface area contributed by atoms with Crippen LogP contribution < -0.4 is 0 Å². The van der Waals surface area contributed by atoms with Gasteiger partial charge in [0, 0.05) is 20.3 Å². The molecule has 15 heteroatoms. The fourth-order valence-corrected chi connectivity index (χ4v) is 5.67. The summed E-state index contributed by atoms with van der Waals surface area (Å²) in [6.07, 6.45) is 0.603. The topological polar surface area (TPSA) is 228 Å². The normalized spacial score (nSPS) is 31.0. The largest absolute Gasteiger partial charge is 0.481 e. The Morgan fingerprint density at radius 3 is 1.69 bits per heavy atom. The van der Waals surface area contributed by atoms with Gasteiger partial charge in [-0.3, -0.25) is 14.4 Å². The highest BCUT2D eigenvalue weighted by molar-refractivity contribution is 5.66. The van der Waals surface area contributed by atoms with Gasteiger partial charge < -0.3 is 59.1 Å². The number of hydrogen-bond acceptors (Lipinski definition) is 14. The van der Waals surface area contributed by atoms with E-state index in [1.807, 2.05) is 6.92 Å². The van der Waals surface area contributed by atoms with Crippen molar-refractivity contribution < 1.29 is 73.4 Å². The quantitative estimate of drug-likeness (QED) is 0.0506. The zero-order valence-corrected chi connectivity index (χ0v) is 29.0. The van der Waals surface area contributed by atoms with E-state index in [-0.39, 0.29) is 13.0 Å². The summed E-state index contributed by atoms with van der Waals surface area (Å²) in [6, 6.07) is 0. The predicted molar refractivity (Wildman–Crippen MR) is 173 cm³/mol. The number of esters is 2. The van der Waals surface area contributed by atoms with Crippen LogP contribution in [-0.2, 0) is 42.8 Å². The van der Waals surface area contributed by atoms with Crippen molar-refractivity contribution in [2.24, 2.45) is 0 Å². The van der Waals surface area contributed by atoms with Crippen molar-refractivity contribution in [3.05, 3.63) is 12.2 Å². The molecular formula is C34H58O15. The predicted octanol–water partition coefficient (Wildman–Crippen LogP) is 1.87. The fraction of sp³-hybridized carbons (Fsp3) is 0.853. The van der Waals surface area contributed by atoms with Gasteiger partial charge >= 0.3 is 17.9 Å². The molecule has 2 aliphatic rings. The van der Waals surface area contributed by atoms with Crippen molar-refractivity contribution in [2.45, 2.75) is 172 Å². The molecule has 0 spiro atoms. The van der Waals surface area contributed by atoms with Crippen molar-refractivity contribution in [1.29, 1.82) is 0 Å². The van der Waals surface area contributed by atoms with Gasteiger partial charge in [-0.15, -0.1) is 0 Å². The van der Waals surface area contributed by atoms with Crippen molar-refractivity contribution in [3.63, 3.8) is 0 Å². The Bertz CT molecular complexity index is 993. The minimum absolute atomic E-state index is 0.245. The molecule has 0 aromatic heterocycles. The lowest BCUT2D eigenvalue weighted by atomic mass is 9.97. The number of carbonyl (C=O) groups is 3. The van der Waals surface area contributed by atoms with E-state index in [9.17, 15) is 39.9 Å². The van der Waals surface area contributed by atoms with Crippen LogP contribution in [0.2, 0.25) is 0 Å². The Morgan fingerprint density at radius 2 is 1.14 bits per heavy atom. The van der Waals surface area contributed by atoms with Gasteiger partial charge in [0.15, 0.2) is 12.6 Å². The average Bonchev–Trinajstić information content (AvgIpc) is 3.04. The lowest BCUT2D eigenvalue weighted by molar-refractivity contribution is -0.371. The van der Waals surface area contributed by atoms with Gasteiger partial charge in [-0.25, -0.2) is 0 Å². The molecule has 0 aliphatic carbocycles. The van der Waals surface area contributed by atoms with Crippen LogP contribution in [0.1, 0.15) is 104 Å². The average molecular weight is 707 g/mol. The van der Waals surface area contributed by atoms with E-state index in [1.165, 1.54) is 6.92 Å². The first-order chi connectivity index (χ1) is 23.3. The molecule has 6 N–H and O–H groups in total. The Hall–Kier alpha value is -2.21. The third kappa shape index (κ3) is 16.1. The van der Waals surface area contributed by atoms with Crippen LogP contribution in [0.4, 0.5) is 0 Å². The highest BCUT2D eigenvalue weighted by Crippen LogP contribution is 2.31. The Morgan fingerprint density at radius 1 is 0.653 bits per heavy atom. The summed E-state index contributed by atoms with van der Waals surface area (Å²) in [5.74, 6) is -2.00. The number of carbonyl (C=O) groups excluding carboxylic acids is 2. The number of rotatable bonds is 23. The van der Waals surface area contributed by atoms with E-state index in [2.05, 4.69) is 12.2 Å².